The van der Waals surface area contributed by atoms with Gasteiger partial charge >= 0.3 is 5.96 Å². The Kier molecular flexibility index (Phi) is 3.58. The molecule has 1 heterocycles. The smallest absolute Gasteiger partial charge is 0.419 e. The highest BCUT2D eigenvalue weighted by Gasteiger charge is 2.35. The van der Waals surface area contributed by atoms with Crippen molar-refractivity contribution in [3.8, 4) is 0 Å². The number of guanidine groups is 1. The van der Waals surface area contributed by atoms with Crippen molar-refractivity contribution in [3.63, 3.8) is 0 Å². The Morgan fingerprint density at radius 1 is 1.58 bits per heavy atom. The Bertz CT molecular complexity index is 517. The lowest BCUT2D eigenvalue weighted by atomic mass is 10.1. The molecule has 0 bridgehead atoms. The summed E-state index contributed by atoms with van der Waals surface area (Å²) in [5.41, 5.74) is 9.09. The number of hydrogen-bond acceptors (Lipinski definition) is 6. The summed E-state index contributed by atoms with van der Waals surface area (Å²) in [6.45, 7) is 3.77. The van der Waals surface area contributed by atoms with E-state index in [-0.39, 0.29) is 17.3 Å². The van der Waals surface area contributed by atoms with Crippen molar-refractivity contribution in [1.82, 2.24) is 10.5 Å². The first-order chi connectivity index (χ1) is 8.99. The van der Waals surface area contributed by atoms with Gasteiger partial charge < -0.3 is 15.5 Å². The van der Waals surface area contributed by atoms with Crippen LogP contribution in [0.4, 0.5) is 11.4 Å². The fourth-order valence-electron chi connectivity index (χ4n) is 2.04. The van der Waals surface area contributed by atoms with Crippen LogP contribution in [0.1, 0.15) is 25.5 Å². The average Bonchev–Trinajstić information content (AvgIpc) is 2.40. The maximum absolute atomic E-state index is 12.3. The van der Waals surface area contributed by atoms with Crippen LogP contribution in [0, 0.1) is 10.4 Å². The van der Waals surface area contributed by atoms with E-state index in [1.807, 2.05) is 0 Å². The molecule has 0 spiro atoms. The molecule has 1 aliphatic rings. The molecule has 0 radical (unpaired) electrons. The minimum absolute atomic E-state index is 0.106. The molecule has 0 saturated carbocycles. The molecule has 19 heavy (non-hydrogen) atoms. The molecule has 0 aliphatic carbocycles. The van der Waals surface area contributed by atoms with Crippen molar-refractivity contribution < 1.29 is 15.0 Å². The molecular weight excluding hydrogens is 250 g/mol. The van der Waals surface area contributed by atoms with Gasteiger partial charge in [-0.1, -0.05) is 12.1 Å². The van der Waals surface area contributed by atoms with Crippen LogP contribution in [0.25, 0.3) is 0 Å². The van der Waals surface area contributed by atoms with Gasteiger partial charge in [0.2, 0.25) is 5.69 Å². The topological polar surface area (TPSA) is 115 Å². The van der Waals surface area contributed by atoms with Crippen molar-refractivity contribution in [3.05, 3.63) is 34.2 Å². The number of hydrazine groups is 1. The minimum atomic E-state index is -0.863. The van der Waals surface area contributed by atoms with Crippen LogP contribution < -0.4 is 16.3 Å². The second kappa shape index (κ2) is 5.02. The molecule has 0 aromatic heterocycles. The molecule has 2 atom stereocenters. The number of fused-ring (bicyclic) bond motifs is 1. The van der Waals surface area contributed by atoms with Gasteiger partial charge in [-0.25, -0.2) is 4.74 Å². The van der Waals surface area contributed by atoms with Crippen LogP contribution >= 0.6 is 0 Å². The lowest BCUT2D eigenvalue weighted by molar-refractivity contribution is -0.912. The summed E-state index contributed by atoms with van der Waals surface area (Å²) in [5, 5.41) is 34.7. The molecule has 8 nitrogen and oxygen atoms in total. The summed E-state index contributed by atoms with van der Waals surface area (Å²) in [6, 6.07) is 4.75. The normalized spacial score (nSPS) is 20.4. The first-order valence-electron chi connectivity index (χ1n) is 5.97. The van der Waals surface area contributed by atoms with Gasteiger partial charge in [-0.15, -0.1) is 5.43 Å². The molecule has 1 aliphatic heterocycles. The molecule has 0 fully saturated rings. The zero-order valence-corrected chi connectivity index (χ0v) is 10.8. The van der Waals surface area contributed by atoms with Crippen molar-refractivity contribution in [1.29, 1.82) is 0 Å². The highest BCUT2D eigenvalue weighted by molar-refractivity contribution is 5.76. The van der Waals surface area contributed by atoms with Crippen molar-refractivity contribution in [2.24, 2.45) is 5.73 Å². The minimum Gasteiger partial charge on any atom is -0.739 e. The zero-order chi connectivity index (χ0) is 14.2. The molecule has 2 unspecified atom stereocenters. The standard InChI is InChI=1S/C11H17N5O3/c1-3-13-15-11(12)14(18)10-8(7(2)17)5-4-6-9(10)16(15)19/h4-7,13,16-17H,3,12H2,1-2H3. The summed E-state index contributed by atoms with van der Waals surface area (Å²) < 4.78 is 0.460. The van der Waals surface area contributed by atoms with Crippen LogP contribution in [0.15, 0.2) is 18.2 Å². The lowest BCUT2D eigenvalue weighted by Crippen LogP contribution is -3.13. The summed E-state index contributed by atoms with van der Waals surface area (Å²) in [6.07, 6.45) is -0.863. The van der Waals surface area contributed by atoms with E-state index >= 15 is 0 Å². The third-order valence-electron chi connectivity index (χ3n) is 2.91. The van der Waals surface area contributed by atoms with Gasteiger partial charge in [0.05, 0.1) is 6.10 Å². The number of aliphatic hydroxyl groups is 1. The number of benzene rings is 1. The first kappa shape index (κ1) is 13.6. The largest absolute Gasteiger partial charge is 0.739 e. The van der Waals surface area contributed by atoms with Gasteiger partial charge in [-0.3, -0.25) is 5.73 Å². The lowest BCUT2D eigenvalue weighted by Gasteiger charge is -2.35. The highest BCUT2D eigenvalue weighted by Crippen LogP contribution is 2.31. The van der Waals surface area contributed by atoms with E-state index < -0.39 is 11.3 Å². The van der Waals surface area contributed by atoms with Crippen LogP contribution in [0.3, 0.4) is 0 Å². The van der Waals surface area contributed by atoms with Gasteiger partial charge in [0.1, 0.15) is 0 Å². The van der Waals surface area contributed by atoms with Crippen LogP contribution in [-0.4, -0.2) is 27.5 Å². The fourth-order valence-corrected chi connectivity index (χ4v) is 2.04. The average molecular weight is 267 g/mol. The van der Waals surface area contributed by atoms with Gasteiger partial charge in [0.15, 0.2) is 5.69 Å². The quantitative estimate of drug-likeness (QED) is 0.411. The Labute approximate surface area is 110 Å². The number of rotatable bonds is 3. The van der Waals surface area contributed by atoms with Crippen molar-refractivity contribution in [2.45, 2.75) is 20.0 Å². The van der Waals surface area contributed by atoms with E-state index in [1.165, 1.54) is 13.0 Å². The van der Waals surface area contributed by atoms with Crippen LogP contribution in [-0.2, 0) is 0 Å². The SMILES string of the molecule is CCNN1C(N)=[N+]([O-])c2c(C(C)O)cccc2[NH+]1[O-]. The fraction of sp³-hybridized carbons (Fsp3) is 0.364. The van der Waals surface area contributed by atoms with E-state index in [4.69, 9.17) is 5.73 Å². The number of nitrogens with zero attached hydrogens (tertiary/aromatic N) is 2. The third kappa shape index (κ3) is 2.10. The molecule has 2 rings (SSSR count). The second-order valence-corrected chi connectivity index (χ2v) is 4.22. The third-order valence-corrected chi connectivity index (χ3v) is 2.91. The molecule has 5 N–H and O–H groups in total. The number of para-hydroxylation sites is 1. The van der Waals surface area contributed by atoms with Gasteiger partial charge in [0.25, 0.3) is 0 Å². The molecule has 104 valence electrons. The van der Waals surface area contributed by atoms with E-state index in [0.29, 0.717) is 16.8 Å². The van der Waals surface area contributed by atoms with Crippen molar-refractivity contribution in [2.75, 3.05) is 6.54 Å². The summed E-state index contributed by atoms with van der Waals surface area (Å²) >= 11 is 0. The number of quaternary nitrogens is 1. The number of nitrogens with two attached hydrogens (primary N) is 1. The molecule has 8 heteroatoms. The predicted octanol–water partition coefficient (Wildman–Crippen LogP) is -1.03. The summed E-state index contributed by atoms with van der Waals surface area (Å²) in [4.78, 5) is 0. The van der Waals surface area contributed by atoms with Gasteiger partial charge in [-0.05, 0) is 19.0 Å². The molecule has 0 amide bonds. The highest BCUT2D eigenvalue weighted by atomic mass is 16.6. The number of aliphatic hydroxyl groups excluding tert-OH is 1. The van der Waals surface area contributed by atoms with E-state index in [0.717, 1.165) is 5.12 Å². The van der Waals surface area contributed by atoms with E-state index in [1.54, 1.807) is 19.1 Å². The number of nitrogens with one attached hydrogen (secondary N) is 2. The van der Waals surface area contributed by atoms with Gasteiger partial charge in [-0.2, -0.15) is 5.17 Å². The summed E-state index contributed by atoms with van der Waals surface area (Å²) in [5.74, 6) is -0.257. The molecule has 1 aromatic rings. The van der Waals surface area contributed by atoms with E-state index in [2.05, 4.69) is 5.43 Å². The van der Waals surface area contributed by atoms with Gasteiger partial charge in [0, 0.05) is 18.2 Å². The maximum atomic E-state index is 12.3. The predicted molar refractivity (Wildman–Crippen MR) is 69.1 cm³/mol. The second-order valence-electron chi connectivity index (χ2n) is 4.22. The van der Waals surface area contributed by atoms with E-state index in [9.17, 15) is 15.5 Å². The first-order valence-corrected chi connectivity index (χ1v) is 5.97. The number of hydrogen-bond donors (Lipinski definition) is 4. The Hall–Kier alpha value is -1.87. The zero-order valence-electron chi connectivity index (χ0n) is 10.8. The van der Waals surface area contributed by atoms with Crippen molar-refractivity contribution >= 4 is 17.3 Å². The van der Waals surface area contributed by atoms with Crippen LogP contribution in [0.5, 0.6) is 0 Å². The summed E-state index contributed by atoms with van der Waals surface area (Å²) in [7, 11) is 0. The Balaban J connectivity index is 2.62. The maximum Gasteiger partial charge on any atom is 0.419 e. The van der Waals surface area contributed by atoms with Crippen LogP contribution in [0.2, 0.25) is 0 Å². The Morgan fingerprint density at radius 2 is 2.26 bits per heavy atom. The monoisotopic (exact) mass is 267 g/mol. The molecular formula is C11H17N5O3. The molecule has 1 aromatic carbocycles. The Morgan fingerprint density at radius 3 is 2.84 bits per heavy atom. The molecule has 0 saturated heterocycles.